The highest BCUT2D eigenvalue weighted by Crippen LogP contribution is 2.24. The Bertz CT molecular complexity index is 1390. The summed E-state index contributed by atoms with van der Waals surface area (Å²) in [6.07, 6.45) is 5.19. The molecular formula is C35H43F2N3O3. The molecule has 1 aliphatic rings. The SMILES string of the molecule is CCc1cccc(CNC[C@@H](O)[C@H](Cc2cc(F)cc(F)c2)NC(=O)c2cc(C)cc(C(=O)N(C)C3CCCCC3)c2)c1. The molecule has 3 N–H and O–H groups in total. The molecule has 230 valence electrons. The van der Waals surface area contributed by atoms with E-state index in [1.807, 2.05) is 26.1 Å². The fourth-order valence-electron chi connectivity index (χ4n) is 5.86. The summed E-state index contributed by atoms with van der Waals surface area (Å²) in [6.45, 7) is 4.56. The first-order valence-corrected chi connectivity index (χ1v) is 15.2. The Morgan fingerprint density at radius 3 is 2.30 bits per heavy atom. The van der Waals surface area contributed by atoms with Gasteiger partial charge >= 0.3 is 0 Å². The Morgan fingerprint density at radius 2 is 1.60 bits per heavy atom. The Morgan fingerprint density at radius 1 is 0.930 bits per heavy atom. The van der Waals surface area contributed by atoms with Crippen LogP contribution in [0.15, 0.2) is 60.7 Å². The van der Waals surface area contributed by atoms with Crippen molar-refractivity contribution in [2.75, 3.05) is 13.6 Å². The van der Waals surface area contributed by atoms with Gasteiger partial charge in [0.15, 0.2) is 0 Å². The first kappa shape index (κ1) is 32.3. The molecule has 3 aromatic rings. The van der Waals surface area contributed by atoms with Crippen molar-refractivity contribution in [1.82, 2.24) is 15.5 Å². The molecule has 3 aromatic carbocycles. The van der Waals surface area contributed by atoms with Crippen LogP contribution < -0.4 is 10.6 Å². The van der Waals surface area contributed by atoms with Crippen LogP contribution in [0, 0.1) is 18.6 Å². The molecule has 0 unspecified atom stereocenters. The number of hydrogen-bond donors (Lipinski definition) is 3. The van der Waals surface area contributed by atoms with E-state index in [4.69, 9.17) is 0 Å². The summed E-state index contributed by atoms with van der Waals surface area (Å²) in [5, 5.41) is 17.3. The zero-order chi connectivity index (χ0) is 30.9. The van der Waals surface area contributed by atoms with Crippen molar-refractivity contribution in [3.63, 3.8) is 0 Å². The highest BCUT2D eigenvalue weighted by Gasteiger charge is 2.26. The Kier molecular flexibility index (Phi) is 11.4. The number of amides is 2. The molecule has 1 saturated carbocycles. The van der Waals surface area contributed by atoms with Gasteiger partial charge in [-0.25, -0.2) is 8.78 Å². The summed E-state index contributed by atoms with van der Waals surface area (Å²) >= 11 is 0. The largest absolute Gasteiger partial charge is 0.390 e. The summed E-state index contributed by atoms with van der Waals surface area (Å²) in [5.41, 5.74) is 4.06. The molecule has 1 aliphatic carbocycles. The van der Waals surface area contributed by atoms with Gasteiger partial charge in [0.1, 0.15) is 11.6 Å². The molecule has 0 aliphatic heterocycles. The molecule has 6 nitrogen and oxygen atoms in total. The molecule has 2 amide bonds. The average molecular weight is 592 g/mol. The number of hydrogen-bond acceptors (Lipinski definition) is 4. The van der Waals surface area contributed by atoms with Crippen molar-refractivity contribution in [2.24, 2.45) is 0 Å². The van der Waals surface area contributed by atoms with Gasteiger partial charge in [0.05, 0.1) is 12.1 Å². The van der Waals surface area contributed by atoms with E-state index in [-0.39, 0.29) is 30.5 Å². The summed E-state index contributed by atoms with van der Waals surface area (Å²) in [5.74, 6) is -2.07. The van der Waals surface area contributed by atoms with E-state index in [9.17, 15) is 23.5 Å². The zero-order valence-electron chi connectivity index (χ0n) is 25.3. The normalized spacial score (nSPS) is 15.1. The van der Waals surface area contributed by atoms with Crippen LogP contribution in [-0.4, -0.2) is 53.6 Å². The predicted octanol–water partition coefficient (Wildman–Crippen LogP) is 5.73. The van der Waals surface area contributed by atoms with Gasteiger partial charge in [-0.15, -0.1) is 0 Å². The third-order valence-electron chi connectivity index (χ3n) is 8.27. The third kappa shape index (κ3) is 9.18. The monoisotopic (exact) mass is 591 g/mol. The number of benzene rings is 3. The number of halogens is 2. The van der Waals surface area contributed by atoms with Crippen LogP contribution >= 0.6 is 0 Å². The minimum absolute atomic E-state index is 0.0105. The summed E-state index contributed by atoms with van der Waals surface area (Å²) in [6, 6.07) is 15.7. The van der Waals surface area contributed by atoms with Crippen molar-refractivity contribution in [3.05, 3.63) is 106 Å². The summed E-state index contributed by atoms with van der Waals surface area (Å²) in [7, 11) is 1.82. The smallest absolute Gasteiger partial charge is 0.253 e. The highest BCUT2D eigenvalue weighted by atomic mass is 19.1. The minimum atomic E-state index is -1.06. The van der Waals surface area contributed by atoms with E-state index in [1.165, 1.54) is 24.1 Å². The molecule has 0 aromatic heterocycles. The molecule has 0 spiro atoms. The summed E-state index contributed by atoms with van der Waals surface area (Å²) in [4.78, 5) is 28.7. The Hall–Kier alpha value is -3.62. The maximum absolute atomic E-state index is 14.0. The molecule has 8 heteroatoms. The molecule has 2 atom stereocenters. The number of aliphatic hydroxyl groups is 1. The molecule has 4 rings (SSSR count). The molecular weight excluding hydrogens is 548 g/mol. The van der Waals surface area contributed by atoms with Gasteiger partial charge in [-0.05, 0) is 85.2 Å². The van der Waals surface area contributed by atoms with Gasteiger partial charge in [-0.1, -0.05) is 50.5 Å². The van der Waals surface area contributed by atoms with Gasteiger partial charge < -0.3 is 20.6 Å². The van der Waals surface area contributed by atoms with Crippen molar-refractivity contribution in [3.8, 4) is 0 Å². The van der Waals surface area contributed by atoms with Gasteiger partial charge in [-0.2, -0.15) is 0 Å². The zero-order valence-corrected chi connectivity index (χ0v) is 25.3. The standard InChI is InChI=1S/C35H43F2N3O3/c1-4-24-9-8-10-25(15-24)21-38-22-33(41)32(18-26-16-29(36)20-30(37)17-26)39-34(42)27-13-23(2)14-28(19-27)35(43)40(3)31-11-6-5-7-12-31/h8-10,13-17,19-20,31-33,38,41H,4-7,11-12,18,21-22H2,1-3H3,(H,39,42)/t32-,33+/m0/s1. The minimum Gasteiger partial charge on any atom is -0.390 e. The maximum atomic E-state index is 14.0. The van der Waals surface area contributed by atoms with Crippen molar-refractivity contribution in [1.29, 1.82) is 0 Å². The lowest BCUT2D eigenvalue weighted by Gasteiger charge is -2.31. The van der Waals surface area contributed by atoms with Crippen LogP contribution in [0.25, 0.3) is 0 Å². The predicted molar refractivity (Wildman–Crippen MR) is 165 cm³/mol. The maximum Gasteiger partial charge on any atom is 0.253 e. The number of carbonyl (C=O) groups is 2. The lowest BCUT2D eigenvalue weighted by atomic mass is 9.94. The molecule has 1 fully saturated rings. The van der Waals surface area contributed by atoms with Gasteiger partial charge in [0.2, 0.25) is 0 Å². The number of nitrogens with one attached hydrogen (secondary N) is 2. The van der Waals surface area contributed by atoms with Crippen molar-refractivity contribution >= 4 is 11.8 Å². The van der Waals surface area contributed by atoms with E-state index < -0.39 is 29.7 Å². The van der Waals surface area contributed by atoms with Gasteiger partial charge in [0.25, 0.3) is 11.8 Å². The van der Waals surface area contributed by atoms with E-state index >= 15 is 0 Å². The van der Waals surface area contributed by atoms with Crippen molar-refractivity contribution in [2.45, 2.75) is 83.5 Å². The number of rotatable bonds is 12. The second-order valence-corrected chi connectivity index (χ2v) is 11.7. The fraction of sp³-hybridized carbons (Fsp3) is 0.429. The number of nitrogens with zero attached hydrogens (tertiary/aromatic N) is 1. The average Bonchev–Trinajstić information content (AvgIpc) is 2.99. The second-order valence-electron chi connectivity index (χ2n) is 11.7. The topological polar surface area (TPSA) is 81.7 Å². The van der Waals surface area contributed by atoms with Crippen LogP contribution in [0.2, 0.25) is 0 Å². The van der Waals surface area contributed by atoms with Crippen molar-refractivity contribution < 1.29 is 23.5 Å². The van der Waals surface area contributed by atoms with Gasteiger partial charge in [0, 0.05) is 43.4 Å². The third-order valence-corrected chi connectivity index (χ3v) is 8.27. The quantitative estimate of drug-likeness (QED) is 0.251. The van der Waals surface area contributed by atoms with E-state index in [1.54, 1.807) is 23.1 Å². The number of aryl methyl sites for hydroxylation is 2. The fourth-order valence-corrected chi connectivity index (χ4v) is 5.86. The molecule has 43 heavy (non-hydrogen) atoms. The van der Waals surface area contributed by atoms with Crippen LogP contribution in [0.3, 0.4) is 0 Å². The van der Waals surface area contributed by atoms with E-state index in [0.717, 1.165) is 49.3 Å². The first-order valence-electron chi connectivity index (χ1n) is 15.2. The number of carbonyl (C=O) groups excluding carboxylic acids is 2. The molecule has 0 saturated heterocycles. The second kappa shape index (κ2) is 15.2. The van der Waals surface area contributed by atoms with Crippen LogP contribution in [0.4, 0.5) is 8.78 Å². The van der Waals surface area contributed by atoms with E-state index in [2.05, 4.69) is 29.7 Å². The molecule has 0 heterocycles. The summed E-state index contributed by atoms with van der Waals surface area (Å²) < 4.78 is 28.0. The lowest BCUT2D eigenvalue weighted by Crippen LogP contribution is -2.48. The highest BCUT2D eigenvalue weighted by molar-refractivity contribution is 6.00. The Labute approximate surface area is 253 Å². The number of aliphatic hydroxyl groups excluding tert-OH is 1. The Balaban J connectivity index is 1.50. The molecule has 0 radical (unpaired) electrons. The lowest BCUT2D eigenvalue weighted by molar-refractivity contribution is 0.0696. The van der Waals surface area contributed by atoms with E-state index in [0.29, 0.717) is 17.7 Å². The van der Waals surface area contributed by atoms with Gasteiger partial charge in [-0.3, -0.25) is 9.59 Å². The van der Waals surface area contributed by atoms with Crippen LogP contribution in [-0.2, 0) is 19.4 Å². The van der Waals surface area contributed by atoms with Crippen LogP contribution in [0.5, 0.6) is 0 Å². The van der Waals surface area contributed by atoms with Crippen LogP contribution in [0.1, 0.15) is 82.0 Å². The first-order chi connectivity index (χ1) is 20.6. The molecule has 0 bridgehead atoms.